The summed E-state index contributed by atoms with van der Waals surface area (Å²) in [6.07, 6.45) is 0. The summed E-state index contributed by atoms with van der Waals surface area (Å²) in [5.41, 5.74) is 0.592. The van der Waals surface area contributed by atoms with Gasteiger partial charge in [-0.3, -0.25) is 4.79 Å². The van der Waals surface area contributed by atoms with Gasteiger partial charge in [-0.15, -0.1) is 0 Å². The van der Waals surface area contributed by atoms with Crippen molar-refractivity contribution in [2.45, 2.75) is 13.0 Å². The molecule has 1 heterocycles. The van der Waals surface area contributed by atoms with Gasteiger partial charge in [0.25, 0.3) is 5.91 Å². The van der Waals surface area contributed by atoms with Crippen LogP contribution in [-0.2, 0) is 0 Å². The maximum atomic E-state index is 13.7. The number of carbonyl (C=O) groups excluding carboxylic acids is 1. The maximum Gasteiger partial charge on any atom is 0.251 e. The van der Waals surface area contributed by atoms with E-state index in [0.717, 1.165) is 12.1 Å². The van der Waals surface area contributed by atoms with Gasteiger partial charge >= 0.3 is 0 Å². The molecule has 0 radical (unpaired) electrons. The van der Waals surface area contributed by atoms with Crippen LogP contribution in [-0.4, -0.2) is 12.7 Å². The van der Waals surface area contributed by atoms with Crippen LogP contribution in [0.5, 0.6) is 11.5 Å². The Morgan fingerprint density at radius 1 is 1.14 bits per heavy atom. The van der Waals surface area contributed by atoms with Crippen molar-refractivity contribution in [3.05, 3.63) is 59.2 Å². The van der Waals surface area contributed by atoms with Crippen LogP contribution in [0.1, 0.15) is 28.9 Å². The summed E-state index contributed by atoms with van der Waals surface area (Å²) in [5.74, 6) is -0.661. The second kappa shape index (κ2) is 5.63. The number of halogens is 2. The van der Waals surface area contributed by atoms with Crippen molar-refractivity contribution in [3.63, 3.8) is 0 Å². The van der Waals surface area contributed by atoms with Gasteiger partial charge in [-0.25, -0.2) is 8.78 Å². The summed E-state index contributed by atoms with van der Waals surface area (Å²) < 4.78 is 37.0. The highest BCUT2D eigenvalue weighted by Gasteiger charge is 2.19. The summed E-state index contributed by atoms with van der Waals surface area (Å²) in [7, 11) is 0. The first kappa shape index (κ1) is 14.3. The Morgan fingerprint density at radius 2 is 1.91 bits per heavy atom. The Kier molecular flexibility index (Phi) is 3.66. The number of ether oxygens (including phenoxy) is 2. The van der Waals surface area contributed by atoms with Gasteiger partial charge in [0.05, 0.1) is 6.04 Å². The number of fused-ring (bicyclic) bond motifs is 1. The van der Waals surface area contributed by atoms with Gasteiger partial charge in [0.15, 0.2) is 11.5 Å². The van der Waals surface area contributed by atoms with Gasteiger partial charge in [0, 0.05) is 17.2 Å². The van der Waals surface area contributed by atoms with Crippen molar-refractivity contribution in [1.29, 1.82) is 0 Å². The summed E-state index contributed by atoms with van der Waals surface area (Å²) >= 11 is 0. The minimum absolute atomic E-state index is 0.123. The molecule has 0 aliphatic carbocycles. The van der Waals surface area contributed by atoms with E-state index in [1.165, 1.54) is 6.07 Å². The summed E-state index contributed by atoms with van der Waals surface area (Å²) in [6.45, 7) is 1.75. The molecule has 0 fully saturated rings. The highest BCUT2D eigenvalue weighted by Crippen LogP contribution is 2.32. The van der Waals surface area contributed by atoms with E-state index in [0.29, 0.717) is 17.1 Å². The number of rotatable bonds is 3. The second-order valence-electron chi connectivity index (χ2n) is 4.93. The molecule has 1 N–H and O–H groups in total. The Balaban J connectivity index is 1.76. The maximum absolute atomic E-state index is 13.7. The Morgan fingerprint density at radius 3 is 2.68 bits per heavy atom. The Bertz CT molecular complexity index is 733. The SMILES string of the molecule is C[C@@H](NC(=O)c1ccc2c(c1)OCO2)c1ccc(F)cc1F. The molecule has 2 aromatic rings. The zero-order valence-corrected chi connectivity index (χ0v) is 11.7. The second-order valence-corrected chi connectivity index (χ2v) is 4.93. The highest BCUT2D eigenvalue weighted by molar-refractivity contribution is 5.95. The molecule has 0 unspecified atom stereocenters. The zero-order valence-electron chi connectivity index (χ0n) is 11.7. The van der Waals surface area contributed by atoms with Crippen LogP contribution in [0.25, 0.3) is 0 Å². The molecule has 4 nitrogen and oxygen atoms in total. The number of nitrogens with one attached hydrogen (secondary N) is 1. The number of amides is 1. The molecule has 0 spiro atoms. The standard InChI is InChI=1S/C16H13F2NO3/c1-9(12-4-3-11(17)7-13(12)18)19-16(20)10-2-5-14-15(6-10)22-8-21-14/h2-7,9H,8H2,1H3,(H,19,20)/t9-/m1/s1. The Hall–Kier alpha value is -2.63. The molecule has 1 amide bonds. The Labute approximate surface area is 125 Å². The largest absolute Gasteiger partial charge is 0.454 e. The van der Waals surface area contributed by atoms with Crippen molar-refractivity contribution in [2.24, 2.45) is 0 Å². The predicted molar refractivity (Wildman–Crippen MR) is 74.8 cm³/mol. The number of hydrogen-bond acceptors (Lipinski definition) is 3. The molecule has 1 aliphatic rings. The van der Waals surface area contributed by atoms with E-state index in [2.05, 4.69) is 5.32 Å². The molecule has 1 atom stereocenters. The van der Waals surface area contributed by atoms with Crippen molar-refractivity contribution in [1.82, 2.24) is 5.32 Å². The molecule has 6 heteroatoms. The lowest BCUT2D eigenvalue weighted by molar-refractivity contribution is 0.0939. The fraction of sp³-hybridized carbons (Fsp3) is 0.188. The zero-order chi connectivity index (χ0) is 15.7. The normalized spacial score (nSPS) is 13.8. The monoisotopic (exact) mass is 305 g/mol. The van der Waals surface area contributed by atoms with E-state index in [9.17, 15) is 13.6 Å². The van der Waals surface area contributed by atoms with Crippen molar-refractivity contribution in [2.75, 3.05) is 6.79 Å². The van der Waals surface area contributed by atoms with Crippen molar-refractivity contribution in [3.8, 4) is 11.5 Å². The molecule has 114 valence electrons. The molecule has 0 saturated carbocycles. The van der Waals surface area contributed by atoms with Gasteiger partial charge in [-0.2, -0.15) is 0 Å². The van der Waals surface area contributed by atoms with E-state index in [-0.39, 0.29) is 18.3 Å². The van der Waals surface area contributed by atoms with Crippen LogP contribution in [0.3, 0.4) is 0 Å². The minimum atomic E-state index is -0.696. The number of hydrogen-bond donors (Lipinski definition) is 1. The molecule has 22 heavy (non-hydrogen) atoms. The molecule has 0 aromatic heterocycles. The van der Waals surface area contributed by atoms with Crippen LogP contribution < -0.4 is 14.8 Å². The number of carbonyl (C=O) groups is 1. The predicted octanol–water partition coefficient (Wildman–Crippen LogP) is 3.18. The van der Waals surface area contributed by atoms with Crippen LogP contribution >= 0.6 is 0 Å². The molecule has 0 saturated heterocycles. The van der Waals surface area contributed by atoms with Gasteiger partial charge in [-0.1, -0.05) is 6.07 Å². The smallest absolute Gasteiger partial charge is 0.251 e. The summed E-state index contributed by atoms with van der Waals surface area (Å²) in [6, 6.07) is 7.45. The van der Waals surface area contributed by atoms with Gasteiger partial charge in [0.2, 0.25) is 6.79 Å². The van der Waals surface area contributed by atoms with Crippen LogP contribution in [0, 0.1) is 11.6 Å². The molecular formula is C16H13F2NO3. The van der Waals surface area contributed by atoms with E-state index < -0.39 is 17.7 Å². The first-order valence-electron chi connectivity index (χ1n) is 6.70. The van der Waals surface area contributed by atoms with E-state index >= 15 is 0 Å². The third-order valence-corrected chi connectivity index (χ3v) is 3.41. The highest BCUT2D eigenvalue weighted by atomic mass is 19.1. The topological polar surface area (TPSA) is 47.6 Å². The van der Waals surface area contributed by atoms with E-state index in [1.807, 2.05) is 0 Å². The average Bonchev–Trinajstić information content (AvgIpc) is 2.94. The lowest BCUT2D eigenvalue weighted by Crippen LogP contribution is -2.27. The fourth-order valence-corrected chi connectivity index (χ4v) is 2.25. The summed E-state index contributed by atoms with van der Waals surface area (Å²) in [4.78, 5) is 12.2. The van der Waals surface area contributed by atoms with Crippen LogP contribution in [0.4, 0.5) is 8.78 Å². The van der Waals surface area contributed by atoms with Gasteiger partial charge in [-0.05, 0) is 31.2 Å². The molecule has 3 rings (SSSR count). The first-order valence-corrected chi connectivity index (χ1v) is 6.70. The fourth-order valence-electron chi connectivity index (χ4n) is 2.25. The van der Waals surface area contributed by atoms with Gasteiger partial charge < -0.3 is 14.8 Å². The van der Waals surface area contributed by atoms with Crippen molar-refractivity contribution < 1.29 is 23.0 Å². The van der Waals surface area contributed by atoms with E-state index in [1.54, 1.807) is 25.1 Å². The quantitative estimate of drug-likeness (QED) is 0.947. The average molecular weight is 305 g/mol. The summed E-state index contributed by atoms with van der Waals surface area (Å²) in [5, 5.41) is 2.67. The van der Waals surface area contributed by atoms with Crippen molar-refractivity contribution >= 4 is 5.91 Å². The molecule has 1 aliphatic heterocycles. The van der Waals surface area contributed by atoms with E-state index in [4.69, 9.17) is 9.47 Å². The van der Waals surface area contributed by atoms with Crippen LogP contribution in [0.2, 0.25) is 0 Å². The third-order valence-electron chi connectivity index (χ3n) is 3.41. The molecule has 0 bridgehead atoms. The number of benzene rings is 2. The molecular weight excluding hydrogens is 292 g/mol. The first-order chi connectivity index (χ1) is 10.5. The van der Waals surface area contributed by atoms with Gasteiger partial charge in [0.1, 0.15) is 11.6 Å². The third kappa shape index (κ3) is 2.72. The lowest BCUT2D eigenvalue weighted by atomic mass is 10.1. The lowest BCUT2D eigenvalue weighted by Gasteiger charge is -2.15. The molecule has 2 aromatic carbocycles. The van der Waals surface area contributed by atoms with Crippen LogP contribution in [0.15, 0.2) is 36.4 Å². The minimum Gasteiger partial charge on any atom is -0.454 e.